The van der Waals surface area contributed by atoms with E-state index < -0.39 is 29.2 Å². The molecule has 0 aliphatic heterocycles. The third kappa shape index (κ3) is 3.42. The van der Waals surface area contributed by atoms with Gasteiger partial charge in [-0.2, -0.15) is 13.2 Å². The van der Waals surface area contributed by atoms with E-state index >= 15 is 0 Å². The van der Waals surface area contributed by atoms with Gasteiger partial charge in [0.05, 0.1) is 11.2 Å². The van der Waals surface area contributed by atoms with Crippen LogP contribution < -0.4 is 0 Å². The highest BCUT2D eigenvalue weighted by Crippen LogP contribution is 2.30. The molecule has 0 heterocycles. The van der Waals surface area contributed by atoms with Gasteiger partial charge in [-0.3, -0.25) is 4.79 Å². The molecule has 92 valence electrons. The normalized spacial score (nSPS) is 12.1. The Morgan fingerprint density at radius 2 is 2.00 bits per heavy atom. The van der Waals surface area contributed by atoms with E-state index in [-0.39, 0.29) is 11.2 Å². The van der Waals surface area contributed by atoms with E-state index in [4.69, 9.17) is 16.7 Å². The Bertz CT molecular complexity index is 485. The van der Waals surface area contributed by atoms with Crippen LogP contribution in [0.25, 0.3) is 0 Å². The minimum absolute atomic E-state index is 0.0776. The molecule has 1 N–H and O–H groups in total. The molecule has 0 bridgehead atoms. The smallest absolute Gasteiger partial charge is 0.455 e. The maximum Gasteiger partial charge on any atom is 0.455 e. The molecule has 1 rings (SSSR count). The number of halogens is 5. The molecule has 3 nitrogen and oxygen atoms in total. The van der Waals surface area contributed by atoms with E-state index in [1.807, 2.05) is 0 Å². The summed E-state index contributed by atoms with van der Waals surface area (Å²) in [7, 11) is 0. The molecule has 0 spiro atoms. The molecule has 0 saturated carbocycles. The van der Waals surface area contributed by atoms with Gasteiger partial charge in [0.1, 0.15) is 11.4 Å². The van der Waals surface area contributed by atoms with Gasteiger partial charge < -0.3 is 5.11 Å². The number of benzene rings is 1. The summed E-state index contributed by atoms with van der Waals surface area (Å²) in [6.07, 6.45) is -5.15. The largest absolute Gasteiger partial charge is 0.506 e. The van der Waals surface area contributed by atoms with E-state index in [0.717, 1.165) is 0 Å². The molecule has 1 aromatic rings. The van der Waals surface area contributed by atoms with Crippen LogP contribution in [0.1, 0.15) is 0 Å². The number of alkyl halides is 3. The van der Waals surface area contributed by atoms with Crippen LogP contribution >= 0.6 is 11.6 Å². The Balaban J connectivity index is 3.01. The molecular weight excluding hydrogens is 266 g/mol. The SMILES string of the molecule is O=C(C=Nc1cc(O)c(Cl)cc1F)C(F)(F)F. The van der Waals surface area contributed by atoms with Crippen molar-refractivity contribution < 1.29 is 27.5 Å². The number of aromatic hydroxyl groups is 1. The van der Waals surface area contributed by atoms with Gasteiger partial charge in [0.2, 0.25) is 0 Å². The van der Waals surface area contributed by atoms with Gasteiger partial charge in [-0.05, 0) is 6.07 Å². The van der Waals surface area contributed by atoms with Crippen LogP contribution in [0.3, 0.4) is 0 Å². The Labute approximate surface area is 97.3 Å². The van der Waals surface area contributed by atoms with Crippen molar-refractivity contribution >= 4 is 29.3 Å². The molecule has 0 saturated heterocycles. The Hall–Kier alpha value is -1.63. The first-order chi connectivity index (χ1) is 7.71. The summed E-state index contributed by atoms with van der Waals surface area (Å²) in [5, 5.41) is 8.75. The van der Waals surface area contributed by atoms with Gasteiger partial charge >= 0.3 is 6.18 Å². The van der Waals surface area contributed by atoms with E-state index in [1.54, 1.807) is 0 Å². The Kier molecular flexibility index (Phi) is 3.72. The number of phenolic OH excluding ortho intramolecular Hbond substituents is 1. The number of Topliss-reactive ketones (excluding diaryl/α,β-unsaturated/α-hetero) is 1. The van der Waals surface area contributed by atoms with Gasteiger partial charge in [0, 0.05) is 6.07 Å². The van der Waals surface area contributed by atoms with Crippen molar-refractivity contribution in [3.63, 3.8) is 0 Å². The summed E-state index contributed by atoms with van der Waals surface area (Å²) < 4.78 is 48.4. The predicted octanol–water partition coefficient (Wildman–Crippen LogP) is 3.02. The first-order valence-electron chi connectivity index (χ1n) is 4.05. The number of nitrogens with zero attached hydrogens (tertiary/aromatic N) is 1. The van der Waals surface area contributed by atoms with Gasteiger partial charge in [-0.15, -0.1) is 0 Å². The van der Waals surface area contributed by atoms with Crippen molar-refractivity contribution in [3.05, 3.63) is 23.0 Å². The van der Waals surface area contributed by atoms with Crippen LogP contribution in [-0.4, -0.2) is 23.3 Å². The van der Waals surface area contributed by atoms with Crippen molar-refractivity contribution in [2.45, 2.75) is 6.18 Å². The summed E-state index contributed by atoms with van der Waals surface area (Å²) in [5.74, 6) is -3.84. The van der Waals surface area contributed by atoms with Crippen molar-refractivity contribution in [2.75, 3.05) is 0 Å². The number of hydrogen-bond acceptors (Lipinski definition) is 3. The molecular formula is C9H4ClF4NO2. The van der Waals surface area contributed by atoms with Crippen LogP contribution in [0, 0.1) is 5.82 Å². The maximum absolute atomic E-state index is 13.1. The molecule has 0 radical (unpaired) electrons. The lowest BCUT2D eigenvalue weighted by Crippen LogP contribution is -2.23. The van der Waals surface area contributed by atoms with Crippen LogP contribution in [0.4, 0.5) is 23.2 Å². The van der Waals surface area contributed by atoms with Crippen molar-refractivity contribution in [2.24, 2.45) is 4.99 Å². The Morgan fingerprint density at radius 1 is 1.41 bits per heavy atom. The maximum atomic E-state index is 13.1. The van der Waals surface area contributed by atoms with Crippen molar-refractivity contribution in [1.29, 1.82) is 0 Å². The number of carbonyl (C=O) groups is 1. The summed E-state index contributed by atoms with van der Waals surface area (Å²) >= 11 is 5.33. The van der Waals surface area contributed by atoms with Crippen molar-refractivity contribution in [1.82, 2.24) is 0 Å². The van der Waals surface area contributed by atoms with E-state index in [9.17, 15) is 22.4 Å². The lowest BCUT2D eigenvalue weighted by atomic mass is 10.3. The average molecular weight is 270 g/mol. The molecule has 0 aromatic heterocycles. The fraction of sp³-hybridized carbons (Fsp3) is 0.111. The van der Waals surface area contributed by atoms with Crippen LogP contribution in [-0.2, 0) is 4.79 Å². The lowest BCUT2D eigenvalue weighted by molar-refractivity contribution is -0.162. The van der Waals surface area contributed by atoms with Crippen LogP contribution in [0.15, 0.2) is 17.1 Å². The highest BCUT2D eigenvalue weighted by Gasteiger charge is 2.36. The molecule has 0 aliphatic carbocycles. The standard InChI is InChI=1S/C9H4ClF4NO2/c10-4-1-5(11)6(2-7(4)16)15-3-8(17)9(12,13)14/h1-3,16H. The number of rotatable bonds is 2. The molecule has 0 atom stereocenters. The molecule has 0 amide bonds. The number of ketones is 1. The van der Waals surface area contributed by atoms with E-state index in [0.29, 0.717) is 12.1 Å². The number of aliphatic imine (C=N–C) groups is 1. The molecule has 8 heteroatoms. The molecule has 1 aromatic carbocycles. The molecule has 0 fully saturated rings. The summed E-state index contributed by atoms with van der Waals surface area (Å²) in [6, 6.07) is 1.37. The van der Waals surface area contributed by atoms with E-state index in [2.05, 4.69) is 4.99 Å². The quantitative estimate of drug-likeness (QED) is 0.663. The minimum Gasteiger partial charge on any atom is -0.506 e. The fourth-order valence-corrected chi connectivity index (χ4v) is 0.977. The fourth-order valence-electron chi connectivity index (χ4n) is 0.827. The molecule has 17 heavy (non-hydrogen) atoms. The van der Waals surface area contributed by atoms with Crippen molar-refractivity contribution in [3.8, 4) is 5.75 Å². The van der Waals surface area contributed by atoms with Gasteiger partial charge in [0.25, 0.3) is 5.78 Å². The lowest BCUT2D eigenvalue weighted by Gasteiger charge is -2.01. The number of carbonyl (C=O) groups excluding carboxylic acids is 1. The minimum atomic E-state index is -5.07. The highest BCUT2D eigenvalue weighted by molar-refractivity contribution is 6.32. The summed E-state index contributed by atoms with van der Waals surface area (Å²) in [4.78, 5) is 13.4. The third-order valence-corrected chi connectivity index (χ3v) is 1.92. The van der Waals surface area contributed by atoms with Gasteiger partial charge in [-0.25, -0.2) is 9.38 Å². The average Bonchev–Trinajstić information content (AvgIpc) is 2.19. The monoisotopic (exact) mass is 269 g/mol. The second-order valence-corrected chi connectivity index (χ2v) is 3.28. The Morgan fingerprint density at radius 3 is 2.53 bits per heavy atom. The van der Waals surface area contributed by atoms with Gasteiger partial charge in [-0.1, -0.05) is 11.6 Å². The van der Waals surface area contributed by atoms with Crippen LogP contribution in [0.5, 0.6) is 5.75 Å². The second kappa shape index (κ2) is 4.70. The van der Waals surface area contributed by atoms with Crippen LogP contribution in [0.2, 0.25) is 5.02 Å². The highest BCUT2D eigenvalue weighted by atomic mass is 35.5. The zero-order valence-electron chi connectivity index (χ0n) is 7.92. The number of phenols is 1. The second-order valence-electron chi connectivity index (χ2n) is 2.88. The first kappa shape index (κ1) is 13.4. The van der Waals surface area contributed by atoms with E-state index in [1.165, 1.54) is 0 Å². The third-order valence-electron chi connectivity index (χ3n) is 1.62. The summed E-state index contributed by atoms with van der Waals surface area (Å²) in [6.45, 7) is 0. The topological polar surface area (TPSA) is 49.7 Å². The zero-order chi connectivity index (χ0) is 13.2. The number of hydrogen-bond donors (Lipinski definition) is 1. The molecule has 0 aliphatic rings. The zero-order valence-corrected chi connectivity index (χ0v) is 8.68. The molecule has 0 unspecified atom stereocenters. The first-order valence-corrected chi connectivity index (χ1v) is 4.43. The summed E-state index contributed by atoms with van der Waals surface area (Å²) in [5.41, 5.74) is -0.621. The predicted molar refractivity (Wildman–Crippen MR) is 52.3 cm³/mol. The van der Waals surface area contributed by atoms with Gasteiger partial charge in [0.15, 0.2) is 5.82 Å².